The van der Waals surface area contributed by atoms with Crippen LogP contribution in [0.5, 0.6) is 0 Å². The quantitative estimate of drug-likeness (QED) is 0.494. The van der Waals surface area contributed by atoms with E-state index in [1.54, 1.807) is 6.92 Å². The molecule has 1 aromatic heterocycles. The largest absolute Gasteiger partial charge is 0.476 e. The lowest BCUT2D eigenvalue weighted by molar-refractivity contribution is -0.376. The number of halogens is 9. The van der Waals surface area contributed by atoms with Crippen molar-refractivity contribution in [3.63, 3.8) is 0 Å². The van der Waals surface area contributed by atoms with E-state index in [0.717, 1.165) is 0 Å². The van der Waals surface area contributed by atoms with Crippen LogP contribution in [-0.4, -0.2) is 56.9 Å². The molecule has 1 unspecified atom stereocenters. The fraction of sp³-hybridized carbons (Fsp3) is 0.450. The summed E-state index contributed by atoms with van der Waals surface area (Å²) in [6.45, 7) is 1.80. The molecular formula is C20H15F9N2O4S. The Bertz CT molecular complexity index is 1170. The van der Waals surface area contributed by atoms with Gasteiger partial charge in [-0.05, 0) is 25.8 Å². The van der Waals surface area contributed by atoms with Crippen molar-refractivity contribution in [2.24, 2.45) is 0 Å². The third-order valence-corrected chi connectivity index (χ3v) is 6.71. The number of hydrogen-bond acceptors (Lipinski definition) is 5. The molecular weight excluding hydrogens is 535 g/mol. The Labute approximate surface area is 200 Å². The van der Waals surface area contributed by atoms with Crippen molar-refractivity contribution < 1.29 is 59.3 Å². The summed E-state index contributed by atoms with van der Waals surface area (Å²) in [4.78, 5) is 28.5. The van der Waals surface area contributed by atoms with E-state index >= 15 is 0 Å². The van der Waals surface area contributed by atoms with E-state index in [9.17, 15) is 59.3 Å². The molecule has 0 spiro atoms. The number of nitrogens with zero attached hydrogens (tertiary/aromatic N) is 2. The Morgan fingerprint density at radius 1 is 1.06 bits per heavy atom. The standard InChI is InChI=1S/C20H15F9N2O4S/c1-8-3-2-6-31(8)15(32)12-13(36-14(30-12)16(33)34)10-5-4-9(7-11(10)18(21,22)23)17(35,19(24,25)26)20(27,28)29/h4-5,7-8,35H,2-3,6H2,1H3,(H,33,34). The Kier molecular flexibility index (Phi) is 6.85. The van der Waals surface area contributed by atoms with E-state index in [0.29, 0.717) is 12.8 Å². The van der Waals surface area contributed by atoms with E-state index in [-0.39, 0.29) is 36.1 Å². The number of hydrogen-bond donors (Lipinski definition) is 2. The molecule has 16 heteroatoms. The van der Waals surface area contributed by atoms with Gasteiger partial charge in [0.15, 0.2) is 0 Å². The first-order chi connectivity index (χ1) is 16.3. The van der Waals surface area contributed by atoms with Crippen LogP contribution in [0, 0.1) is 0 Å². The second kappa shape index (κ2) is 8.90. The minimum Gasteiger partial charge on any atom is -0.476 e. The Morgan fingerprint density at radius 2 is 1.64 bits per heavy atom. The van der Waals surface area contributed by atoms with Crippen LogP contribution in [0.3, 0.4) is 0 Å². The average Bonchev–Trinajstić information content (AvgIpc) is 3.36. The van der Waals surface area contributed by atoms with Crippen LogP contribution >= 0.6 is 11.3 Å². The molecule has 0 saturated carbocycles. The molecule has 0 radical (unpaired) electrons. The number of aromatic carboxylic acids is 1. The number of alkyl halides is 9. The summed E-state index contributed by atoms with van der Waals surface area (Å²) in [7, 11) is 0. The maximum Gasteiger partial charge on any atom is 0.430 e. The van der Waals surface area contributed by atoms with Crippen molar-refractivity contribution in [3.8, 4) is 10.4 Å². The predicted octanol–water partition coefficient (Wildman–Crippen LogP) is 5.46. The zero-order chi connectivity index (χ0) is 27.4. The van der Waals surface area contributed by atoms with E-state index in [1.807, 2.05) is 0 Å². The molecule has 2 heterocycles. The van der Waals surface area contributed by atoms with Crippen molar-refractivity contribution >= 4 is 23.2 Å². The van der Waals surface area contributed by atoms with Crippen LogP contribution in [0.1, 0.15) is 51.2 Å². The molecule has 3 rings (SSSR count). The minimum atomic E-state index is -6.44. The summed E-state index contributed by atoms with van der Waals surface area (Å²) in [6, 6.07) is -0.704. The van der Waals surface area contributed by atoms with Crippen LogP contribution in [-0.2, 0) is 11.8 Å². The number of likely N-dealkylation sites (tertiary alicyclic amines) is 1. The molecule has 36 heavy (non-hydrogen) atoms. The number of carboxylic acid groups (broad SMARTS) is 1. The molecule has 1 fully saturated rings. The summed E-state index contributed by atoms with van der Waals surface area (Å²) in [5.74, 6) is -2.67. The van der Waals surface area contributed by atoms with Crippen molar-refractivity contribution in [3.05, 3.63) is 40.0 Å². The Hall–Kier alpha value is -2.88. The predicted molar refractivity (Wildman–Crippen MR) is 105 cm³/mol. The van der Waals surface area contributed by atoms with Crippen molar-refractivity contribution in [1.29, 1.82) is 0 Å². The number of benzene rings is 1. The van der Waals surface area contributed by atoms with Gasteiger partial charge in [0.1, 0.15) is 5.69 Å². The van der Waals surface area contributed by atoms with Crippen LogP contribution in [0.25, 0.3) is 10.4 Å². The fourth-order valence-electron chi connectivity index (χ4n) is 3.80. The van der Waals surface area contributed by atoms with Crippen molar-refractivity contribution in [1.82, 2.24) is 9.88 Å². The van der Waals surface area contributed by atoms with Crippen LogP contribution in [0.4, 0.5) is 39.5 Å². The monoisotopic (exact) mass is 550 g/mol. The first kappa shape index (κ1) is 27.7. The SMILES string of the molecule is CC1CCCN1C(=O)c1nc(C(=O)O)sc1-c1ccc(C(O)(C(F)(F)F)C(F)(F)F)cc1C(F)(F)F. The van der Waals surface area contributed by atoms with Gasteiger partial charge in [0, 0.05) is 23.7 Å². The molecule has 1 amide bonds. The lowest BCUT2D eigenvalue weighted by Crippen LogP contribution is -2.54. The highest BCUT2D eigenvalue weighted by molar-refractivity contribution is 7.17. The molecule has 1 saturated heterocycles. The van der Waals surface area contributed by atoms with Gasteiger partial charge in [0.05, 0.1) is 10.4 Å². The van der Waals surface area contributed by atoms with Gasteiger partial charge in [0.25, 0.3) is 11.5 Å². The molecule has 2 aromatic rings. The Balaban J connectivity index is 2.30. The average molecular weight is 550 g/mol. The van der Waals surface area contributed by atoms with Gasteiger partial charge in [-0.2, -0.15) is 39.5 Å². The van der Waals surface area contributed by atoms with E-state index in [2.05, 4.69) is 4.98 Å². The minimum absolute atomic E-state index is 0.0154. The molecule has 0 aliphatic carbocycles. The zero-order valence-electron chi connectivity index (χ0n) is 17.8. The molecule has 6 nitrogen and oxygen atoms in total. The van der Waals surface area contributed by atoms with Gasteiger partial charge in [-0.15, -0.1) is 11.3 Å². The summed E-state index contributed by atoms with van der Waals surface area (Å²) >= 11 is 0.0987. The van der Waals surface area contributed by atoms with E-state index < -0.39 is 74.3 Å². The van der Waals surface area contributed by atoms with Crippen LogP contribution < -0.4 is 0 Å². The van der Waals surface area contributed by atoms with Crippen LogP contribution in [0.2, 0.25) is 0 Å². The molecule has 198 valence electrons. The lowest BCUT2D eigenvalue weighted by Gasteiger charge is -2.33. The number of carbonyl (C=O) groups excluding carboxylic acids is 1. The second-order valence-corrected chi connectivity index (χ2v) is 8.95. The number of rotatable bonds is 4. The van der Waals surface area contributed by atoms with Gasteiger partial charge < -0.3 is 15.1 Å². The highest BCUT2D eigenvalue weighted by atomic mass is 32.1. The van der Waals surface area contributed by atoms with Gasteiger partial charge in [-0.3, -0.25) is 4.79 Å². The van der Waals surface area contributed by atoms with E-state index in [4.69, 9.17) is 0 Å². The summed E-state index contributed by atoms with van der Waals surface area (Å²) in [5, 5.41) is 18.0. The normalized spacial score (nSPS) is 17.5. The maximum atomic E-state index is 13.9. The third kappa shape index (κ3) is 4.63. The topological polar surface area (TPSA) is 90.7 Å². The highest BCUT2D eigenvalue weighted by Gasteiger charge is 2.71. The van der Waals surface area contributed by atoms with Gasteiger partial charge in [-0.25, -0.2) is 9.78 Å². The maximum absolute atomic E-state index is 13.9. The lowest BCUT2D eigenvalue weighted by atomic mass is 9.88. The summed E-state index contributed by atoms with van der Waals surface area (Å²) in [6.07, 6.45) is -17.4. The molecule has 1 aromatic carbocycles. The second-order valence-electron chi connectivity index (χ2n) is 7.96. The first-order valence-electron chi connectivity index (χ1n) is 9.93. The number of carbonyl (C=O) groups is 2. The summed E-state index contributed by atoms with van der Waals surface area (Å²) in [5.41, 5.74) is -11.7. The number of aliphatic hydroxyl groups is 1. The van der Waals surface area contributed by atoms with Crippen molar-refractivity contribution in [2.75, 3.05) is 6.54 Å². The number of carboxylic acids is 1. The Morgan fingerprint density at radius 3 is 2.08 bits per heavy atom. The van der Waals surface area contributed by atoms with Crippen molar-refractivity contribution in [2.45, 2.75) is 49.9 Å². The zero-order valence-corrected chi connectivity index (χ0v) is 18.7. The number of aromatic nitrogens is 1. The molecule has 0 bridgehead atoms. The smallest absolute Gasteiger partial charge is 0.430 e. The first-order valence-corrected chi connectivity index (χ1v) is 10.7. The number of thiazole rings is 1. The highest BCUT2D eigenvalue weighted by Crippen LogP contribution is 2.52. The van der Waals surface area contributed by atoms with Gasteiger partial charge in [-0.1, -0.05) is 12.1 Å². The molecule has 1 atom stereocenters. The fourth-order valence-corrected chi connectivity index (χ4v) is 4.74. The molecule has 1 aliphatic rings. The van der Waals surface area contributed by atoms with Gasteiger partial charge in [0.2, 0.25) is 5.01 Å². The summed E-state index contributed by atoms with van der Waals surface area (Å²) < 4.78 is 121. The third-order valence-electron chi connectivity index (χ3n) is 5.63. The molecule has 2 N–H and O–H groups in total. The molecule has 1 aliphatic heterocycles. The van der Waals surface area contributed by atoms with Gasteiger partial charge >= 0.3 is 24.5 Å². The number of amides is 1. The van der Waals surface area contributed by atoms with E-state index in [1.165, 1.54) is 4.90 Å². The van der Waals surface area contributed by atoms with Crippen LogP contribution in [0.15, 0.2) is 18.2 Å².